The highest BCUT2D eigenvalue weighted by molar-refractivity contribution is 5.89. The van der Waals surface area contributed by atoms with Gasteiger partial charge in [0.1, 0.15) is 11.6 Å². The fourth-order valence-electron chi connectivity index (χ4n) is 2.70. The van der Waals surface area contributed by atoms with E-state index in [2.05, 4.69) is 4.99 Å². The van der Waals surface area contributed by atoms with E-state index in [1.807, 2.05) is 0 Å². The molecule has 0 spiro atoms. The molecule has 120 valence electrons. The molecule has 1 aromatic carbocycles. The van der Waals surface area contributed by atoms with Gasteiger partial charge in [-0.25, -0.2) is 4.99 Å². The van der Waals surface area contributed by atoms with E-state index in [-0.39, 0.29) is 22.7 Å². The van der Waals surface area contributed by atoms with E-state index >= 15 is 0 Å². The predicted molar refractivity (Wildman–Crippen MR) is 79.4 cm³/mol. The Morgan fingerprint density at radius 1 is 1.04 bits per heavy atom. The summed E-state index contributed by atoms with van der Waals surface area (Å²) in [6.45, 7) is 2.81. The van der Waals surface area contributed by atoms with Crippen LogP contribution in [-0.2, 0) is 0 Å². The quantitative estimate of drug-likeness (QED) is 0.615. The summed E-state index contributed by atoms with van der Waals surface area (Å²) in [5, 5.41) is 33.6. The lowest BCUT2D eigenvalue weighted by atomic mass is 9.84. The van der Waals surface area contributed by atoms with Crippen molar-refractivity contribution in [1.29, 1.82) is 0 Å². The van der Waals surface area contributed by atoms with Gasteiger partial charge in [0, 0.05) is 17.1 Å². The topological polar surface area (TPSA) is 142 Å². The van der Waals surface area contributed by atoms with Crippen LogP contribution in [0.3, 0.4) is 0 Å². The SMILES string of the molecule is CC1=NC(C)=C([N+](=O)[O-])C(c2cccc([N+](=O)[O-])c2)C1[N+](=O)[O-]. The standard InChI is InChI=1S/C13H12N4O6/c1-7-12(16(20)21)11(13(17(22)23)8(2)14-7)9-4-3-5-10(6-9)15(18)19/h3-6,11-12H,1-2H3. The summed E-state index contributed by atoms with van der Waals surface area (Å²) in [4.78, 5) is 35.5. The molecule has 1 aromatic rings. The van der Waals surface area contributed by atoms with Gasteiger partial charge in [-0.15, -0.1) is 0 Å². The van der Waals surface area contributed by atoms with Crippen LogP contribution in [0.15, 0.2) is 40.7 Å². The third kappa shape index (κ3) is 2.91. The van der Waals surface area contributed by atoms with E-state index in [0.29, 0.717) is 0 Å². The summed E-state index contributed by atoms with van der Waals surface area (Å²) in [6.07, 6.45) is 0. The average Bonchev–Trinajstić information content (AvgIpc) is 2.45. The van der Waals surface area contributed by atoms with Gasteiger partial charge in [-0.3, -0.25) is 30.3 Å². The second-order valence-corrected chi connectivity index (χ2v) is 5.04. The van der Waals surface area contributed by atoms with Gasteiger partial charge in [-0.1, -0.05) is 12.1 Å². The lowest BCUT2D eigenvalue weighted by Gasteiger charge is -2.23. The number of allylic oxidation sites excluding steroid dienone is 1. The molecule has 0 radical (unpaired) electrons. The molecule has 23 heavy (non-hydrogen) atoms. The number of hydrogen-bond acceptors (Lipinski definition) is 7. The summed E-state index contributed by atoms with van der Waals surface area (Å²) in [7, 11) is 0. The molecule has 0 saturated heterocycles. The van der Waals surface area contributed by atoms with Crippen molar-refractivity contribution in [3.8, 4) is 0 Å². The van der Waals surface area contributed by atoms with Gasteiger partial charge in [-0.05, 0) is 19.4 Å². The van der Waals surface area contributed by atoms with Crippen molar-refractivity contribution in [1.82, 2.24) is 0 Å². The van der Waals surface area contributed by atoms with Crippen LogP contribution in [0.25, 0.3) is 0 Å². The molecule has 10 nitrogen and oxygen atoms in total. The third-order valence-electron chi connectivity index (χ3n) is 3.62. The Hall–Kier alpha value is -3.17. The van der Waals surface area contributed by atoms with Crippen molar-refractivity contribution in [2.24, 2.45) is 4.99 Å². The highest BCUT2D eigenvalue weighted by Crippen LogP contribution is 2.37. The fourth-order valence-corrected chi connectivity index (χ4v) is 2.70. The summed E-state index contributed by atoms with van der Waals surface area (Å²) >= 11 is 0. The van der Waals surface area contributed by atoms with Crippen LogP contribution in [0, 0.1) is 30.3 Å². The van der Waals surface area contributed by atoms with Crippen LogP contribution in [0.1, 0.15) is 25.3 Å². The number of non-ortho nitro benzene ring substituents is 1. The number of nitrogens with zero attached hydrogens (tertiary/aromatic N) is 4. The van der Waals surface area contributed by atoms with Crippen LogP contribution in [-0.4, -0.2) is 26.5 Å². The second-order valence-electron chi connectivity index (χ2n) is 5.04. The van der Waals surface area contributed by atoms with Gasteiger partial charge in [0.15, 0.2) is 0 Å². The average molecular weight is 320 g/mol. The molecular formula is C13H12N4O6. The zero-order valence-corrected chi connectivity index (χ0v) is 12.2. The summed E-state index contributed by atoms with van der Waals surface area (Å²) in [5.74, 6) is -1.24. The summed E-state index contributed by atoms with van der Waals surface area (Å²) in [5.41, 5.74) is -0.388. The lowest BCUT2D eigenvalue weighted by Crippen LogP contribution is -2.39. The first-order chi connectivity index (χ1) is 10.7. The molecular weight excluding hydrogens is 308 g/mol. The normalized spacial score (nSPS) is 20.9. The summed E-state index contributed by atoms with van der Waals surface area (Å²) < 4.78 is 0. The number of nitro groups is 3. The Bertz CT molecular complexity index is 769. The Kier molecular flexibility index (Phi) is 4.16. The zero-order valence-electron chi connectivity index (χ0n) is 12.2. The van der Waals surface area contributed by atoms with Crippen LogP contribution in [0.2, 0.25) is 0 Å². The minimum absolute atomic E-state index is 0.0575. The molecule has 0 amide bonds. The maximum absolute atomic E-state index is 11.4. The van der Waals surface area contributed by atoms with Gasteiger partial charge in [0.25, 0.3) is 17.4 Å². The van der Waals surface area contributed by atoms with E-state index in [0.717, 1.165) is 6.07 Å². The maximum atomic E-state index is 11.4. The fraction of sp³-hybridized carbons (Fsp3) is 0.308. The first-order valence-corrected chi connectivity index (χ1v) is 6.52. The Morgan fingerprint density at radius 3 is 2.22 bits per heavy atom. The Labute approximate surface area is 129 Å². The monoisotopic (exact) mass is 320 g/mol. The highest BCUT2D eigenvalue weighted by atomic mass is 16.6. The number of aliphatic imine (C=N–C) groups is 1. The molecule has 2 rings (SSSR count). The van der Waals surface area contributed by atoms with E-state index in [1.54, 1.807) is 0 Å². The molecule has 2 unspecified atom stereocenters. The van der Waals surface area contributed by atoms with Crippen LogP contribution in [0.4, 0.5) is 5.69 Å². The van der Waals surface area contributed by atoms with Gasteiger partial charge in [0.05, 0.1) is 15.6 Å². The van der Waals surface area contributed by atoms with Crippen molar-refractivity contribution in [2.45, 2.75) is 25.8 Å². The molecule has 0 N–H and O–H groups in total. The Morgan fingerprint density at radius 2 is 1.70 bits per heavy atom. The van der Waals surface area contributed by atoms with Crippen molar-refractivity contribution in [2.75, 3.05) is 0 Å². The zero-order chi connectivity index (χ0) is 17.3. The van der Waals surface area contributed by atoms with E-state index in [9.17, 15) is 30.3 Å². The molecule has 1 aliphatic heterocycles. The number of benzene rings is 1. The molecule has 0 saturated carbocycles. The van der Waals surface area contributed by atoms with Crippen molar-refractivity contribution < 1.29 is 14.8 Å². The van der Waals surface area contributed by atoms with E-state index in [1.165, 1.54) is 32.0 Å². The van der Waals surface area contributed by atoms with Crippen molar-refractivity contribution in [3.63, 3.8) is 0 Å². The number of hydrogen-bond donors (Lipinski definition) is 0. The third-order valence-corrected chi connectivity index (χ3v) is 3.62. The van der Waals surface area contributed by atoms with Gasteiger partial charge >= 0.3 is 0 Å². The van der Waals surface area contributed by atoms with Crippen molar-refractivity contribution >= 4 is 11.4 Å². The van der Waals surface area contributed by atoms with Gasteiger partial charge in [0.2, 0.25) is 0 Å². The largest absolute Gasteiger partial charge is 0.281 e. The molecule has 2 atom stereocenters. The minimum Gasteiger partial charge on any atom is -0.264 e. The molecule has 0 fully saturated rings. The van der Waals surface area contributed by atoms with Gasteiger partial charge in [-0.2, -0.15) is 0 Å². The molecule has 0 bridgehead atoms. The molecule has 1 heterocycles. The van der Waals surface area contributed by atoms with E-state index < -0.39 is 32.4 Å². The molecule has 0 aromatic heterocycles. The highest BCUT2D eigenvalue weighted by Gasteiger charge is 2.48. The molecule has 1 aliphatic rings. The van der Waals surface area contributed by atoms with Gasteiger partial charge < -0.3 is 0 Å². The maximum Gasteiger partial charge on any atom is 0.281 e. The van der Waals surface area contributed by atoms with Crippen LogP contribution < -0.4 is 0 Å². The van der Waals surface area contributed by atoms with E-state index in [4.69, 9.17) is 0 Å². The second kappa shape index (κ2) is 5.91. The first kappa shape index (κ1) is 16.2. The van der Waals surface area contributed by atoms with Crippen molar-refractivity contribution in [3.05, 3.63) is 71.6 Å². The number of rotatable bonds is 4. The summed E-state index contributed by atoms with van der Waals surface area (Å²) in [6, 6.07) is 3.65. The number of nitro benzene ring substituents is 1. The first-order valence-electron chi connectivity index (χ1n) is 6.52. The molecule has 10 heteroatoms. The lowest BCUT2D eigenvalue weighted by molar-refractivity contribution is -0.516. The minimum atomic E-state index is -1.44. The predicted octanol–water partition coefficient (Wildman–Crippen LogP) is 2.31. The smallest absolute Gasteiger partial charge is 0.264 e. The van der Waals surface area contributed by atoms with Crippen LogP contribution in [0.5, 0.6) is 0 Å². The Balaban J connectivity index is 2.69. The van der Waals surface area contributed by atoms with Crippen LogP contribution >= 0.6 is 0 Å². The molecule has 0 aliphatic carbocycles.